The van der Waals surface area contributed by atoms with E-state index in [4.69, 9.17) is 0 Å². The summed E-state index contributed by atoms with van der Waals surface area (Å²) >= 11 is 4.07. The van der Waals surface area contributed by atoms with Gasteiger partial charge in [0.05, 0.1) is 0 Å². The summed E-state index contributed by atoms with van der Waals surface area (Å²) in [4.78, 5) is 10.1. The summed E-state index contributed by atoms with van der Waals surface area (Å²) < 4.78 is 37.7. The SMILES string of the molecule is O=[N+]([O-])CS(=O)(=O)c1ccc(Cc2ccc(Br)cc2F)s1. The van der Waals surface area contributed by atoms with Gasteiger partial charge in [-0.05, 0) is 29.8 Å². The molecule has 0 bridgehead atoms. The first-order valence-electron chi connectivity index (χ1n) is 5.65. The van der Waals surface area contributed by atoms with E-state index in [2.05, 4.69) is 15.9 Å². The van der Waals surface area contributed by atoms with Crippen LogP contribution in [0.3, 0.4) is 0 Å². The van der Waals surface area contributed by atoms with Crippen LogP contribution in [0.5, 0.6) is 0 Å². The highest BCUT2D eigenvalue weighted by Crippen LogP contribution is 2.26. The third-order valence-corrected chi connectivity index (χ3v) is 6.28. The van der Waals surface area contributed by atoms with Gasteiger partial charge in [0, 0.05) is 20.7 Å². The molecule has 0 aliphatic carbocycles. The Morgan fingerprint density at radius 1 is 1.29 bits per heavy atom. The second-order valence-corrected chi connectivity index (χ2v) is 8.48. The molecule has 0 fully saturated rings. The molecule has 5 nitrogen and oxygen atoms in total. The average molecular weight is 394 g/mol. The molecule has 2 rings (SSSR count). The number of thiophene rings is 1. The Balaban J connectivity index is 2.22. The summed E-state index contributed by atoms with van der Waals surface area (Å²) in [5.74, 6) is -1.54. The van der Waals surface area contributed by atoms with E-state index in [0.29, 0.717) is 14.9 Å². The van der Waals surface area contributed by atoms with Crippen LogP contribution in [-0.2, 0) is 16.3 Å². The lowest BCUT2D eigenvalue weighted by molar-refractivity contribution is -0.458. The molecule has 0 N–H and O–H groups in total. The highest BCUT2D eigenvalue weighted by molar-refractivity contribution is 9.10. The van der Waals surface area contributed by atoms with Crippen molar-refractivity contribution in [2.75, 3.05) is 5.88 Å². The topological polar surface area (TPSA) is 77.3 Å². The second-order valence-electron chi connectivity index (χ2n) is 4.21. The first kappa shape index (κ1) is 16.1. The smallest absolute Gasteiger partial charge is 0.263 e. The molecule has 112 valence electrons. The van der Waals surface area contributed by atoms with E-state index in [9.17, 15) is 22.9 Å². The van der Waals surface area contributed by atoms with Gasteiger partial charge in [0.15, 0.2) is 0 Å². The fraction of sp³-hybridized carbons (Fsp3) is 0.167. The van der Waals surface area contributed by atoms with Gasteiger partial charge in [-0.1, -0.05) is 22.0 Å². The van der Waals surface area contributed by atoms with Crippen LogP contribution >= 0.6 is 27.3 Å². The van der Waals surface area contributed by atoms with Crippen molar-refractivity contribution >= 4 is 37.1 Å². The second kappa shape index (κ2) is 6.20. The predicted molar refractivity (Wildman–Crippen MR) is 80.3 cm³/mol. The van der Waals surface area contributed by atoms with E-state index in [0.717, 1.165) is 11.3 Å². The number of halogens is 2. The van der Waals surface area contributed by atoms with Gasteiger partial charge in [0.2, 0.25) is 0 Å². The van der Waals surface area contributed by atoms with Crippen molar-refractivity contribution in [3.05, 3.63) is 61.2 Å². The highest BCUT2D eigenvalue weighted by Gasteiger charge is 2.23. The van der Waals surface area contributed by atoms with Gasteiger partial charge in [-0.2, -0.15) is 0 Å². The molecular weight excluding hydrogens is 385 g/mol. The normalized spacial score (nSPS) is 11.5. The third kappa shape index (κ3) is 4.08. The Bertz CT molecular complexity index is 788. The van der Waals surface area contributed by atoms with Crippen LogP contribution in [0.4, 0.5) is 4.39 Å². The van der Waals surface area contributed by atoms with Crippen molar-refractivity contribution in [3.63, 3.8) is 0 Å². The van der Waals surface area contributed by atoms with Crippen LogP contribution in [0.25, 0.3) is 0 Å². The van der Waals surface area contributed by atoms with Gasteiger partial charge < -0.3 is 0 Å². The molecule has 0 spiro atoms. The van der Waals surface area contributed by atoms with E-state index < -0.39 is 26.5 Å². The minimum absolute atomic E-state index is 0.0771. The Morgan fingerprint density at radius 3 is 2.62 bits per heavy atom. The van der Waals surface area contributed by atoms with Crippen molar-refractivity contribution in [2.45, 2.75) is 10.6 Å². The lowest BCUT2D eigenvalue weighted by Crippen LogP contribution is -2.13. The van der Waals surface area contributed by atoms with E-state index in [1.807, 2.05) is 0 Å². The van der Waals surface area contributed by atoms with Gasteiger partial charge in [-0.3, -0.25) is 10.1 Å². The van der Waals surface area contributed by atoms with Crippen LogP contribution in [0.15, 0.2) is 39.0 Å². The number of nitrogens with zero attached hydrogens (tertiary/aromatic N) is 1. The molecule has 0 saturated heterocycles. The number of nitro groups is 1. The van der Waals surface area contributed by atoms with Gasteiger partial charge in [0.1, 0.15) is 10.0 Å². The summed E-state index contributed by atoms with van der Waals surface area (Å²) in [6, 6.07) is 7.47. The van der Waals surface area contributed by atoms with Crippen molar-refractivity contribution in [2.24, 2.45) is 0 Å². The molecule has 0 aliphatic rings. The van der Waals surface area contributed by atoms with Gasteiger partial charge in [-0.25, -0.2) is 12.8 Å². The largest absolute Gasteiger partial charge is 0.306 e. The predicted octanol–water partition coefficient (Wildman–Crippen LogP) is 3.25. The molecule has 1 aromatic heterocycles. The molecule has 0 amide bonds. The minimum atomic E-state index is -3.93. The van der Waals surface area contributed by atoms with Crippen molar-refractivity contribution in [3.8, 4) is 0 Å². The zero-order chi connectivity index (χ0) is 15.6. The zero-order valence-corrected chi connectivity index (χ0v) is 13.7. The monoisotopic (exact) mass is 393 g/mol. The molecule has 0 saturated carbocycles. The average Bonchev–Trinajstić information content (AvgIpc) is 2.80. The van der Waals surface area contributed by atoms with Gasteiger partial charge in [0.25, 0.3) is 9.84 Å². The van der Waals surface area contributed by atoms with E-state index in [-0.39, 0.29) is 10.6 Å². The van der Waals surface area contributed by atoms with E-state index >= 15 is 0 Å². The number of rotatable bonds is 5. The standard InChI is InChI=1S/C12H9BrFNO4S2/c13-9-2-1-8(11(14)6-9)5-10-3-4-12(20-10)21(18,19)7-15(16)17/h1-4,6H,5,7H2. The Hall–Kier alpha value is -1.32. The summed E-state index contributed by atoms with van der Waals surface area (Å²) in [7, 11) is -3.93. The minimum Gasteiger partial charge on any atom is -0.263 e. The van der Waals surface area contributed by atoms with Gasteiger partial charge in [-0.15, -0.1) is 11.3 Å². The summed E-state index contributed by atoms with van der Waals surface area (Å²) in [6.07, 6.45) is 0.234. The summed E-state index contributed by atoms with van der Waals surface area (Å²) in [5, 5.41) is 10.3. The molecule has 1 heterocycles. The Kier molecular flexibility index (Phi) is 4.74. The highest BCUT2D eigenvalue weighted by atomic mass is 79.9. The van der Waals surface area contributed by atoms with Crippen LogP contribution < -0.4 is 0 Å². The van der Waals surface area contributed by atoms with Gasteiger partial charge >= 0.3 is 5.88 Å². The van der Waals surface area contributed by atoms with Crippen molar-refractivity contribution in [1.82, 2.24) is 0 Å². The molecule has 1 aromatic carbocycles. The quantitative estimate of drug-likeness (QED) is 0.576. The molecule has 21 heavy (non-hydrogen) atoms. The van der Waals surface area contributed by atoms with Crippen LogP contribution in [0, 0.1) is 15.9 Å². The number of sulfone groups is 1. The van der Waals surface area contributed by atoms with Crippen LogP contribution in [-0.4, -0.2) is 19.2 Å². The molecular formula is C12H9BrFNO4S2. The maximum atomic E-state index is 13.7. The molecule has 0 radical (unpaired) electrons. The Labute approximate surface area is 132 Å². The van der Waals surface area contributed by atoms with E-state index in [1.54, 1.807) is 18.2 Å². The number of benzene rings is 1. The maximum absolute atomic E-state index is 13.7. The van der Waals surface area contributed by atoms with Crippen molar-refractivity contribution in [1.29, 1.82) is 0 Å². The fourth-order valence-corrected chi connectivity index (χ4v) is 4.43. The summed E-state index contributed by atoms with van der Waals surface area (Å²) in [6.45, 7) is 0. The maximum Gasteiger partial charge on any atom is 0.306 e. The Morgan fingerprint density at radius 2 is 2.00 bits per heavy atom. The molecule has 0 aliphatic heterocycles. The zero-order valence-electron chi connectivity index (χ0n) is 10.5. The number of hydrogen-bond donors (Lipinski definition) is 0. The molecule has 0 unspecified atom stereocenters. The van der Waals surface area contributed by atoms with Crippen LogP contribution in [0.1, 0.15) is 10.4 Å². The van der Waals surface area contributed by atoms with Crippen LogP contribution in [0.2, 0.25) is 0 Å². The molecule has 2 aromatic rings. The molecule has 0 atom stereocenters. The first-order valence-corrected chi connectivity index (χ1v) is 8.91. The fourth-order valence-electron chi connectivity index (χ4n) is 1.68. The molecule has 9 heteroatoms. The third-order valence-electron chi connectivity index (χ3n) is 2.60. The lowest BCUT2D eigenvalue weighted by atomic mass is 10.1. The summed E-state index contributed by atoms with van der Waals surface area (Å²) in [5.41, 5.74) is 0.429. The number of hydrogen-bond acceptors (Lipinski definition) is 5. The van der Waals surface area contributed by atoms with Crippen molar-refractivity contribution < 1.29 is 17.7 Å². The lowest BCUT2D eigenvalue weighted by Gasteiger charge is -2.01. The van der Waals surface area contributed by atoms with E-state index in [1.165, 1.54) is 12.1 Å². The first-order chi connectivity index (χ1) is 9.78.